The number of benzene rings is 1. The molecule has 1 amide bonds. The first kappa shape index (κ1) is 15.1. The van der Waals surface area contributed by atoms with Gasteiger partial charge in [-0.2, -0.15) is 0 Å². The van der Waals surface area contributed by atoms with Crippen LogP contribution in [0.3, 0.4) is 0 Å². The van der Waals surface area contributed by atoms with Crippen LogP contribution in [-0.4, -0.2) is 31.6 Å². The van der Waals surface area contributed by atoms with Crippen LogP contribution in [0.2, 0.25) is 5.02 Å². The lowest BCUT2D eigenvalue weighted by Gasteiger charge is -2.24. The fourth-order valence-electron chi connectivity index (χ4n) is 2.25. The number of piperidine rings is 1. The lowest BCUT2D eigenvalue weighted by molar-refractivity contribution is 0.0925. The summed E-state index contributed by atoms with van der Waals surface area (Å²) < 4.78 is 5.62. The topological polar surface area (TPSA) is 50.4 Å². The van der Waals surface area contributed by atoms with Crippen LogP contribution >= 0.6 is 11.6 Å². The second-order valence-electron chi connectivity index (χ2n) is 4.99. The molecule has 0 saturated carbocycles. The molecule has 0 bridgehead atoms. The van der Waals surface area contributed by atoms with Gasteiger partial charge in [0.1, 0.15) is 5.75 Å². The maximum Gasteiger partial charge on any atom is 0.255 e. The third kappa shape index (κ3) is 4.12. The van der Waals surface area contributed by atoms with Gasteiger partial charge in [-0.1, -0.05) is 18.5 Å². The monoisotopic (exact) mass is 296 g/mol. The molecule has 1 aliphatic heterocycles. The predicted molar refractivity (Wildman–Crippen MR) is 80.6 cm³/mol. The molecule has 1 aromatic rings. The number of carbonyl (C=O) groups excluding carboxylic acids is 1. The molecule has 0 radical (unpaired) electrons. The molecule has 5 heteroatoms. The van der Waals surface area contributed by atoms with E-state index in [2.05, 4.69) is 10.6 Å². The fourth-order valence-corrected chi connectivity index (χ4v) is 2.42. The third-order valence-corrected chi connectivity index (χ3v) is 3.56. The molecule has 1 saturated heterocycles. The highest BCUT2D eigenvalue weighted by atomic mass is 35.5. The van der Waals surface area contributed by atoms with E-state index < -0.39 is 0 Å². The molecule has 4 nitrogen and oxygen atoms in total. The molecular weight excluding hydrogens is 276 g/mol. The smallest absolute Gasteiger partial charge is 0.255 e. The Kier molecular flexibility index (Phi) is 5.68. The minimum atomic E-state index is -0.106. The Labute approximate surface area is 124 Å². The summed E-state index contributed by atoms with van der Waals surface area (Å²) in [5.74, 6) is 0.494. The van der Waals surface area contributed by atoms with Crippen molar-refractivity contribution in [1.82, 2.24) is 10.6 Å². The Hall–Kier alpha value is -1.26. The number of nitrogens with one attached hydrogen (secondary N) is 2. The minimum Gasteiger partial charge on any atom is -0.493 e. The van der Waals surface area contributed by atoms with Gasteiger partial charge in [0.2, 0.25) is 0 Å². The van der Waals surface area contributed by atoms with Crippen LogP contribution in [0.5, 0.6) is 5.75 Å². The van der Waals surface area contributed by atoms with E-state index in [1.807, 2.05) is 6.92 Å². The van der Waals surface area contributed by atoms with Crippen LogP contribution in [-0.2, 0) is 0 Å². The van der Waals surface area contributed by atoms with Gasteiger partial charge in [0.05, 0.1) is 12.2 Å². The Morgan fingerprint density at radius 1 is 1.45 bits per heavy atom. The van der Waals surface area contributed by atoms with Crippen LogP contribution in [0.4, 0.5) is 0 Å². The summed E-state index contributed by atoms with van der Waals surface area (Å²) >= 11 is 5.99. The van der Waals surface area contributed by atoms with Crippen molar-refractivity contribution in [3.05, 3.63) is 28.8 Å². The molecule has 2 N–H and O–H groups in total. The van der Waals surface area contributed by atoms with E-state index in [1.54, 1.807) is 18.2 Å². The van der Waals surface area contributed by atoms with Gasteiger partial charge in [-0.25, -0.2) is 0 Å². The summed E-state index contributed by atoms with van der Waals surface area (Å²) in [6.45, 7) is 4.51. The maximum absolute atomic E-state index is 12.4. The number of halogens is 1. The largest absolute Gasteiger partial charge is 0.493 e. The quantitative estimate of drug-likeness (QED) is 0.878. The van der Waals surface area contributed by atoms with Crippen molar-refractivity contribution in [3.8, 4) is 5.75 Å². The molecule has 1 aliphatic rings. The van der Waals surface area contributed by atoms with Gasteiger partial charge in [0.15, 0.2) is 0 Å². The molecule has 1 fully saturated rings. The van der Waals surface area contributed by atoms with E-state index in [4.69, 9.17) is 16.3 Å². The summed E-state index contributed by atoms with van der Waals surface area (Å²) in [4.78, 5) is 12.4. The van der Waals surface area contributed by atoms with Crippen LogP contribution in [0, 0.1) is 0 Å². The highest BCUT2D eigenvalue weighted by molar-refractivity contribution is 6.31. The summed E-state index contributed by atoms with van der Waals surface area (Å²) in [5, 5.41) is 6.89. The van der Waals surface area contributed by atoms with Gasteiger partial charge in [-0.15, -0.1) is 0 Å². The molecule has 0 spiro atoms. The lowest BCUT2D eigenvalue weighted by Crippen LogP contribution is -2.42. The van der Waals surface area contributed by atoms with Crippen molar-refractivity contribution in [2.24, 2.45) is 0 Å². The summed E-state index contributed by atoms with van der Waals surface area (Å²) in [6, 6.07) is 5.40. The predicted octanol–water partition coefficient (Wildman–Crippen LogP) is 2.61. The van der Waals surface area contributed by atoms with Crippen molar-refractivity contribution < 1.29 is 9.53 Å². The van der Waals surface area contributed by atoms with E-state index in [1.165, 1.54) is 0 Å². The second-order valence-corrected chi connectivity index (χ2v) is 5.42. The number of rotatable bonds is 5. The van der Waals surface area contributed by atoms with E-state index in [0.717, 1.165) is 32.4 Å². The SMILES string of the molecule is CCCOc1ccc(Cl)cc1C(=O)NC1CCNCC1. The van der Waals surface area contributed by atoms with Crippen molar-refractivity contribution in [2.75, 3.05) is 19.7 Å². The molecule has 20 heavy (non-hydrogen) atoms. The Balaban J connectivity index is 2.08. The standard InChI is InChI=1S/C15H21ClN2O2/c1-2-9-20-14-4-3-11(16)10-13(14)15(19)18-12-5-7-17-8-6-12/h3-4,10,12,17H,2,5-9H2,1H3,(H,18,19). The Morgan fingerprint density at radius 3 is 2.90 bits per heavy atom. The molecular formula is C15H21ClN2O2. The van der Waals surface area contributed by atoms with Gasteiger partial charge in [0, 0.05) is 11.1 Å². The van der Waals surface area contributed by atoms with Gasteiger partial charge >= 0.3 is 0 Å². The zero-order valence-electron chi connectivity index (χ0n) is 11.7. The van der Waals surface area contributed by atoms with Crippen LogP contribution in [0.15, 0.2) is 18.2 Å². The second kappa shape index (κ2) is 7.50. The zero-order chi connectivity index (χ0) is 14.4. The number of hydrogen-bond acceptors (Lipinski definition) is 3. The normalized spacial score (nSPS) is 15.9. The summed E-state index contributed by atoms with van der Waals surface area (Å²) in [5.41, 5.74) is 0.518. The van der Waals surface area contributed by atoms with E-state index in [-0.39, 0.29) is 11.9 Å². The molecule has 1 aromatic carbocycles. The molecule has 0 atom stereocenters. The first-order valence-corrected chi connectivity index (χ1v) is 7.52. The van der Waals surface area contributed by atoms with Crippen molar-refractivity contribution in [3.63, 3.8) is 0 Å². The van der Waals surface area contributed by atoms with Gasteiger partial charge in [-0.05, 0) is 50.6 Å². The molecule has 110 valence electrons. The first-order chi connectivity index (χ1) is 9.70. The Morgan fingerprint density at radius 2 is 2.20 bits per heavy atom. The minimum absolute atomic E-state index is 0.106. The maximum atomic E-state index is 12.4. The molecule has 1 heterocycles. The fraction of sp³-hybridized carbons (Fsp3) is 0.533. The summed E-state index contributed by atoms with van der Waals surface area (Å²) in [6.07, 6.45) is 2.81. The number of hydrogen-bond donors (Lipinski definition) is 2. The highest BCUT2D eigenvalue weighted by Crippen LogP contribution is 2.23. The van der Waals surface area contributed by atoms with Gasteiger partial charge in [0.25, 0.3) is 5.91 Å². The van der Waals surface area contributed by atoms with Gasteiger partial charge < -0.3 is 15.4 Å². The average molecular weight is 297 g/mol. The van der Waals surface area contributed by atoms with E-state index >= 15 is 0 Å². The van der Waals surface area contributed by atoms with Gasteiger partial charge in [-0.3, -0.25) is 4.79 Å². The molecule has 0 aromatic heterocycles. The third-order valence-electron chi connectivity index (χ3n) is 3.32. The highest BCUT2D eigenvalue weighted by Gasteiger charge is 2.19. The Bertz CT molecular complexity index is 459. The molecule has 0 aliphatic carbocycles. The summed E-state index contributed by atoms with van der Waals surface area (Å²) in [7, 11) is 0. The van der Waals surface area contributed by atoms with E-state index in [0.29, 0.717) is 22.9 Å². The first-order valence-electron chi connectivity index (χ1n) is 7.14. The van der Waals surface area contributed by atoms with Crippen molar-refractivity contribution in [1.29, 1.82) is 0 Å². The molecule has 0 unspecified atom stereocenters. The van der Waals surface area contributed by atoms with Crippen molar-refractivity contribution in [2.45, 2.75) is 32.2 Å². The van der Waals surface area contributed by atoms with Crippen LogP contribution < -0.4 is 15.4 Å². The number of amides is 1. The van der Waals surface area contributed by atoms with Crippen LogP contribution in [0.25, 0.3) is 0 Å². The average Bonchev–Trinajstić information content (AvgIpc) is 2.47. The number of carbonyl (C=O) groups is 1. The van der Waals surface area contributed by atoms with E-state index in [9.17, 15) is 4.79 Å². The van der Waals surface area contributed by atoms with Crippen molar-refractivity contribution >= 4 is 17.5 Å². The zero-order valence-corrected chi connectivity index (χ0v) is 12.5. The lowest BCUT2D eigenvalue weighted by atomic mass is 10.1. The van der Waals surface area contributed by atoms with Crippen LogP contribution in [0.1, 0.15) is 36.5 Å². The molecule has 2 rings (SSSR count). The number of ether oxygens (including phenoxy) is 1.